The second-order valence-electron chi connectivity index (χ2n) is 4.27. The van der Waals surface area contributed by atoms with Crippen molar-refractivity contribution < 1.29 is 13.9 Å². The number of hydrogen-bond acceptors (Lipinski definition) is 3. The number of carbonyl (C=O) groups is 1. The first-order chi connectivity index (χ1) is 9.02. The summed E-state index contributed by atoms with van der Waals surface area (Å²) in [5.74, 6) is -0.683. The van der Waals surface area contributed by atoms with Gasteiger partial charge in [-0.1, -0.05) is 11.6 Å². The fraction of sp³-hybridized carbons (Fsp3) is 0.133. The van der Waals surface area contributed by atoms with Crippen LogP contribution in [0.2, 0.25) is 0 Å². The van der Waals surface area contributed by atoms with Gasteiger partial charge in [0.05, 0.1) is 12.7 Å². The van der Waals surface area contributed by atoms with E-state index in [1.54, 1.807) is 24.3 Å². The number of nitrogen functional groups attached to an aromatic ring is 1. The Bertz CT molecular complexity index is 638. The minimum atomic E-state index is -0.620. The third kappa shape index (κ3) is 2.57. The molecule has 0 aliphatic rings. The highest BCUT2D eigenvalue weighted by Gasteiger charge is 2.17. The van der Waals surface area contributed by atoms with Crippen LogP contribution in [0.4, 0.5) is 10.1 Å². The molecule has 0 spiro atoms. The van der Waals surface area contributed by atoms with Crippen LogP contribution in [0.25, 0.3) is 0 Å². The predicted octanol–water partition coefficient (Wildman–Crippen LogP) is 2.96. The van der Waals surface area contributed by atoms with Crippen molar-refractivity contribution in [1.82, 2.24) is 0 Å². The number of nitrogens with two attached hydrogens (primary N) is 1. The molecule has 2 aromatic carbocycles. The van der Waals surface area contributed by atoms with Gasteiger partial charge in [-0.2, -0.15) is 0 Å². The van der Waals surface area contributed by atoms with Gasteiger partial charge in [0.25, 0.3) is 0 Å². The summed E-state index contributed by atoms with van der Waals surface area (Å²) in [6.07, 6.45) is 0. The highest BCUT2D eigenvalue weighted by molar-refractivity contribution is 6.12. The van der Waals surface area contributed by atoms with E-state index in [1.807, 2.05) is 6.92 Å². The Morgan fingerprint density at radius 1 is 1.16 bits per heavy atom. The minimum Gasteiger partial charge on any atom is -0.497 e. The van der Waals surface area contributed by atoms with Crippen molar-refractivity contribution in [3.8, 4) is 5.75 Å². The number of carbonyl (C=O) groups excluding carboxylic acids is 1. The molecule has 98 valence electrons. The molecule has 0 atom stereocenters. The maximum Gasteiger partial charge on any atom is 0.198 e. The minimum absolute atomic E-state index is 0.0156. The number of ketones is 1. The lowest BCUT2D eigenvalue weighted by atomic mass is 9.99. The van der Waals surface area contributed by atoms with Gasteiger partial charge < -0.3 is 10.5 Å². The molecule has 0 radical (unpaired) electrons. The Morgan fingerprint density at radius 2 is 1.89 bits per heavy atom. The summed E-state index contributed by atoms with van der Waals surface area (Å²) in [6.45, 7) is 1.85. The van der Waals surface area contributed by atoms with E-state index in [2.05, 4.69) is 0 Å². The van der Waals surface area contributed by atoms with Crippen molar-refractivity contribution in [3.05, 3.63) is 58.9 Å². The van der Waals surface area contributed by atoms with E-state index >= 15 is 0 Å². The van der Waals surface area contributed by atoms with E-state index in [9.17, 15) is 9.18 Å². The largest absolute Gasteiger partial charge is 0.497 e. The predicted molar refractivity (Wildman–Crippen MR) is 72.0 cm³/mol. The van der Waals surface area contributed by atoms with Gasteiger partial charge in [0.15, 0.2) is 5.78 Å². The van der Waals surface area contributed by atoms with Crippen molar-refractivity contribution in [1.29, 1.82) is 0 Å². The van der Waals surface area contributed by atoms with Crippen LogP contribution in [0.3, 0.4) is 0 Å². The van der Waals surface area contributed by atoms with E-state index in [-0.39, 0.29) is 5.56 Å². The van der Waals surface area contributed by atoms with Crippen LogP contribution in [-0.4, -0.2) is 12.9 Å². The zero-order chi connectivity index (χ0) is 14.0. The molecular formula is C15H14FNO2. The average Bonchev–Trinajstić information content (AvgIpc) is 2.40. The number of ether oxygens (including phenoxy) is 1. The summed E-state index contributed by atoms with van der Waals surface area (Å²) in [5.41, 5.74) is 7.29. The normalized spacial score (nSPS) is 10.3. The summed E-state index contributed by atoms with van der Waals surface area (Å²) in [5, 5.41) is 0. The highest BCUT2D eigenvalue weighted by Crippen LogP contribution is 2.22. The van der Waals surface area contributed by atoms with Gasteiger partial charge in [-0.05, 0) is 31.2 Å². The number of methoxy groups -OCH3 is 1. The molecule has 0 aliphatic heterocycles. The smallest absolute Gasteiger partial charge is 0.198 e. The van der Waals surface area contributed by atoms with Crippen molar-refractivity contribution in [2.45, 2.75) is 6.92 Å². The van der Waals surface area contributed by atoms with Crippen LogP contribution in [0.15, 0.2) is 36.4 Å². The molecular weight excluding hydrogens is 245 g/mol. The lowest BCUT2D eigenvalue weighted by Crippen LogP contribution is -2.08. The monoisotopic (exact) mass is 259 g/mol. The average molecular weight is 259 g/mol. The second kappa shape index (κ2) is 5.10. The van der Waals surface area contributed by atoms with Crippen molar-refractivity contribution in [2.75, 3.05) is 12.8 Å². The Morgan fingerprint density at radius 3 is 2.53 bits per heavy atom. The summed E-state index contributed by atoms with van der Waals surface area (Å²) in [7, 11) is 1.44. The van der Waals surface area contributed by atoms with E-state index in [4.69, 9.17) is 10.5 Å². The molecule has 0 fully saturated rings. The van der Waals surface area contributed by atoms with E-state index in [0.717, 1.165) is 5.56 Å². The standard InChI is InChI=1S/C15H14FNO2/c1-9-3-6-14(17)12(7-9)15(18)11-5-4-10(19-2)8-13(11)16/h3-8H,17H2,1-2H3. The molecule has 0 heterocycles. The van der Waals surface area contributed by atoms with Crippen molar-refractivity contribution in [3.63, 3.8) is 0 Å². The molecule has 2 N–H and O–H groups in total. The van der Waals surface area contributed by atoms with Gasteiger partial charge in [-0.15, -0.1) is 0 Å². The zero-order valence-corrected chi connectivity index (χ0v) is 10.7. The Labute approximate surface area is 110 Å². The molecule has 4 heteroatoms. The number of aryl methyl sites for hydroxylation is 1. The Kier molecular flexibility index (Phi) is 3.51. The van der Waals surface area contributed by atoms with Gasteiger partial charge in [-0.25, -0.2) is 4.39 Å². The molecule has 0 aromatic heterocycles. The number of rotatable bonds is 3. The lowest BCUT2D eigenvalue weighted by molar-refractivity contribution is 0.103. The molecule has 0 aliphatic carbocycles. The molecule has 3 nitrogen and oxygen atoms in total. The summed E-state index contributed by atoms with van der Waals surface area (Å²) in [6, 6.07) is 9.22. The molecule has 0 saturated carbocycles. The van der Waals surface area contributed by atoms with Crippen molar-refractivity contribution in [2.24, 2.45) is 0 Å². The third-order valence-corrected chi connectivity index (χ3v) is 2.87. The van der Waals surface area contributed by atoms with E-state index < -0.39 is 11.6 Å². The van der Waals surface area contributed by atoms with Gasteiger partial charge >= 0.3 is 0 Å². The first-order valence-corrected chi connectivity index (χ1v) is 5.77. The fourth-order valence-corrected chi connectivity index (χ4v) is 1.82. The number of hydrogen-bond donors (Lipinski definition) is 1. The number of halogens is 1. The van der Waals surface area contributed by atoms with Gasteiger partial charge in [-0.3, -0.25) is 4.79 Å². The maximum absolute atomic E-state index is 13.9. The SMILES string of the molecule is COc1ccc(C(=O)c2cc(C)ccc2N)c(F)c1. The summed E-state index contributed by atoms with van der Waals surface area (Å²) in [4.78, 5) is 12.3. The van der Waals surface area contributed by atoms with Crippen LogP contribution in [0.5, 0.6) is 5.75 Å². The van der Waals surface area contributed by atoms with E-state index in [0.29, 0.717) is 17.0 Å². The molecule has 0 amide bonds. The highest BCUT2D eigenvalue weighted by atomic mass is 19.1. The van der Waals surface area contributed by atoms with Crippen LogP contribution >= 0.6 is 0 Å². The summed E-state index contributed by atoms with van der Waals surface area (Å²) < 4.78 is 18.8. The van der Waals surface area contributed by atoms with Gasteiger partial charge in [0.2, 0.25) is 0 Å². The zero-order valence-electron chi connectivity index (χ0n) is 10.7. The lowest BCUT2D eigenvalue weighted by Gasteiger charge is -2.08. The van der Waals surface area contributed by atoms with Crippen LogP contribution in [-0.2, 0) is 0 Å². The van der Waals surface area contributed by atoms with Gasteiger partial charge in [0, 0.05) is 17.3 Å². The third-order valence-electron chi connectivity index (χ3n) is 2.87. The van der Waals surface area contributed by atoms with Crippen LogP contribution < -0.4 is 10.5 Å². The van der Waals surface area contributed by atoms with Crippen molar-refractivity contribution >= 4 is 11.5 Å². The van der Waals surface area contributed by atoms with Crippen LogP contribution in [0.1, 0.15) is 21.5 Å². The molecule has 2 rings (SSSR count). The molecule has 19 heavy (non-hydrogen) atoms. The Hall–Kier alpha value is -2.36. The number of anilines is 1. The summed E-state index contributed by atoms with van der Waals surface area (Å²) >= 11 is 0. The second-order valence-corrected chi connectivity index (χ2v) is 4.27. The first kappa shape index (κ1) is 13.1. The molecule has 0 bridgehead atoms. The first-order valence-electron chi connectivity index (χ1n) is 5.77. The topological polar surface area (TPSA) is 52.3 Å². The maximum atomic E-state index is 13.9. The van der Waals surface area contributed by atoms with Crippen LogP contribution in [0, 0.1) is 12.7 Å². The molecule has 2 aromatic rings. The quantitative estimate of drug-likeness (QED) is 0.681. The van der Waals surface area contributed by atoms with Gasteiger partial charge in [0.1, 0.15) is 11.6 Å². The Balaban J connectivity index is 2.47. The molecule has 0 unspecified atom stereocenters. The number of benzene rings is 2. The molecule has 0 saturated heterocycles. The fourth-order valence-electron chi connectivity index (χ4n) is 1.82. The van der Waals surface area contributed by atoms with E-state index in [1.165, 1.54) is 19.2 Å².